The van der Waals surface area contributed by atoms with Crippen molar-refractivity contribution in [2.45, 2.75) is 37.7 Å². The molecule has 0 aromatic heterocycles. The number of amides is 2. The van der Waals surface area contributed by atoms with Gasteiger partial charge in [-0.15, -0.1) is 0 Å². The maximum atomic E-state index is 12.2. The lowest BCUT2D eigenvalue weighted by atomic mass is 10.0. The van der Waals surface area contributed by atoms with Crippen LogP contribution in [0.2, 0.25) is 0 Å². The molecule has 3 rings (SSSR count). The molecule has 1 saturated carbocycles. The number of aliphatic hydroxyl groups is 1. The number of hydrogen-bond donors (Lipinski definition) is 3. The predicted octanol–water partition coefficient (Wildman–Crippen LogP) is 2.38. The first kappa shape index (κ1) is 17.4. The van der Waals surface area contributed by atoms with Gasteiger partial charge in [-0.25, -0.2) is 0 Å². The van der Waals surface area contributed by atoms with E-state index in [9.17, 15) is 14.7 Å². The maximum Gasteiger partial charge on any atom is 0.251 e. The first-order valence-corrected chi connectivity index (χ1v) is 8.82. The Labute approximate surface area is 147 Å². The summed E-state index contributed by atoms with van der Waals surface area (Å²) in [5.41, 5.74) is -0.163. The zero-order valence-electron chi connectivity index (χ0n) is 14.3. The van der Waals surface area contributed by atoms with Crippen LogP contribution in [0.25, 0.3) is 10.8 Å². The molecule has 25 heavy (non-hydrogen) atoms. The molecule has 132 valence electrons. The fourth-order valence-corrected chi connectivity index (χ4v) is 3.28. The number of hydrogen-bond acceptors (Lipinski definition) is 3. The zero-order valence-corrected chi connectivity index (χ0v) is 14.3. The molecule has 5 nitrogen and oxygen atoms in total. The molecule has 0 radical (unpaired) electrons. The van der Waals surface area contributed by atoms with Gasteiger partial charge in [0, 0.05) is 25.1 Å². The molecule has 2 aromatic carbocycles. The van der Waals surface area contributed by atoms with Gasteiger partial charge < -0.3 is 15.7 Å². The molecule has 3 N–H and O–H groups in total. The average Bonchev–Trinajstić information content (AvgIpc) is 3.06. The summed E-state index contributed by atoms with van der Waals surface area (Å²) in [6.45, 7) is 0.570. The van der Waals surface area contributed by atoms with Crippen LogP contribution in [-0.4, -0.2) is 35.6 Å². The van der Waals surface area contributed by atoms with Crippen molar-refractivity contribution >= 4 is 22.6 Å². The Bertz CT molecular complexity index is 766. The van der Waals surface area contributed by atoms with Crippen molar-refractivity contribution in [1.29, 1.82) is 0 Å². The third-order valence-corrected chi connectivity index (χ3v) is 4.80. The van der Waals surface area contributed by atoms with Crippen molar-refractivity contribution < 1.29 is 14.7 Å². The van der Waals surface area contributed by atoms with E-state index in [1.165, 1.54) is 0 Å². The highest BCUT2D eigenvalue weighted by atomic mass is 16.3. The maximum absolute atomic E-state index is 12.2. The van der Waals surface area contributed by atoms with Gasteiger partial charge in [-0.1, -0.05) is 43.2 Å². The summed E-state index contributed by atoms with van der Waals surface area (Å²) in [6.07, 6.45) is 3.70. The molecule has 2 aromatic rings. The number of carbonyl (C=O) groups excluding carboxylic acids is 2. The van der Waals surface area contributed by atoms with Gasteiger partial charge in [0.05, 0.1) is 5.60 Å². The Morgan fingerprint density at radius 2 is 1.72 bits per heavy atom. The van der Waals surface area contributed by atoms with Gasteiger partial charge in [-0.3, -0.25) is 9.59 Å². The minimum atomic E-state index is -0.746. The first-order chi connectivity index (χ1) is 12.1. The zero-order chi connectivity index (χ0) is 17.7. The quantitative estimate of drug-likeness (QED) is 0.755. The number of carbonyl (C=O) groups is 2. The topological polar surface area (TPSA) is 78.4 Å². The van der Waals surface area contributed by atoms with Crippen LogP contribution in [0.15, 0.2) is 42.5 Å². The molecule has 0 spiro atoms. The van der Waals surface area contributed by atoms with Crippen molar-refractivity contribution in [1.82, 2.24) is 10.6 Å². The van der Waals surface area contributed by atoms with Crippen LogP contribution >= 0.6 is 0 Å². The largest absolute Gasteiger partial charge is 0.388 e. The lowest BCUT2D eigenvalue weighted by Gasteiger charge is -2.22. The Hall–Kier alpha value is -2.40. The lowest BCUT2D eigenvalue weighted by Crippen LogP contribution is -2.41. The third kappa shape index (κ3) is 4.57. The van der Waals surface area contributed by atoms with Crippen molar-refractivity contribution in [2.75, 3.05) is 13.1 Å². The second-order valence-corrected chi connectivity index (χ2v) is 6.78. The molecule has 0 atom stereocenters. The van der Waals surface area contributed by atoms with Crippen LogP contribution in [0, 0.1) is 0 Å². The molecular formula is C20H24N2O3. The van der Waals surface area contributed by atoms with Gasteiger partial charge in [-0.05, 0) is 35.7 Å². The summed E-state index contributed by atoms with van der Waals surface area (Å²) in [5, 5.41) is 17.8. The Morgan fingerprint density at radius 1 is 1.00 bits per heavy atom. The molecule has 1 aliphatic rings. The van der Waals surface area contributed by atoms with Crippen molar-refractivity contribution in [2.24, 2.45) is 0 Å². The fourth-order valence-electron chi connectivity index (χ4n) is 3.28. The molecule has 0 aliphatic heterocycles. The summed E-state index contributed by atoms with van der Waals surface area (Å²) in [5.74, 6) is -0.341. The van der Waals surface area contributed by atoms with Gasteiger partial charge in [0.2, 0.25) is 5.91 Å². The normalized spacial score (nSPS) is 15.9. The predicted molar refractivity (Wildman–Crippen MR) is 97.3 cm³/mol. The number of fused-ring (bicyclic) bond motifs is 1. The number of benzene rings is 2. The second-order valence-electron chi connectivity index (χ2n) is 6.78. The van der Waals surface area contributed by atoms with Crippen molar-refractivity contribution in [3.8, 4) is 0 Å². The minimum absolute atomic E-state index is 0.154. The third-order valence-electron chi connectivity index (χ3n) is 4.80. The SMILES string of the molecule is O=C(CCNC(=O)c1ccc2ccccc2c1)NCC1(O)CCCC1. The molecular weight excluding hydrogens is 316 g/mol. The van der Waals surface area contributed by atoms with Crippen LogP contribution < -0.4 is 10.6 Å². The molecule has 2 amide bonds. The highest BCUT2D eigenvalue weighted by Crippen LogP contribution is 2.28. The van der Waals surface area contributed by atoms with E-state index in [-0.39, 0.29) is 24.8 Å². The molecule has 0 bridgehead atoms. The van der Waals surface area contributed by atoms with Crippen molar-refractivity contribution in [3.63, 3.8) is 0 Å². The monoisotopic (exact) mass is 340 g/mol. The van der Waals surface area contributed by atoms with Crippen LogP contribution in [0.5, 0.6) is 0 Å². The number of rotatable bonds is 6. The van der Waals surface area contributed by atoms with Crippen molar-refractivity contribution in [3.05, 3.63) is 48.0 Å². The van der Waals surface area contributed by atoms with Crippen LogP contribution in [-0.2, 0) is 4.79 Å². The lowest BCUT2D eigenvalue weighted by molar-refractivity contribution is -0.122. The van der Waals surface area contributed by atoms with Gasteiger partial charge in [0.25, 0.3) is 5.91 Å². The van der Waals surface area contributed by atoms with E-state index in [1.54, 1.807) is 6.07 Å². The standard InChI is InChI=1S/C20H24N2O3/c23-18(22-14-20(25)10-3-4-11-20)9-12-21-19(24)17-8-7-15-5-1-2-6-16(15)13-17/h1-2,5-8,13,25H,3-4,9-12,14H2,(H,21,24)(H,22,23). The smallest absolute Gasteiger partial charge is 0.251 e. The van der Waals surface area contributed by atoms with Crippen LogP contribution in [0.3, 0.4) is 0 Å². The number of nitrogens with one attached hydrogen (secondary N) is 2. The van der Waals surface area contributed by atoms with Crippen LogP contribution in [0.4, 0.5) is 0 Å². The summed E-state index contributed by atoms with van der Waals surface area (Å²) in [6, 6.07) is 13.4. The summed E-state index contributed by atoms with van der Waals surface area (Å²) >= 11 is 0. The fraction of sp³-hybridized carbons (Fsp3) is 0.400. The Balaban J connectivity index is 1.44. The van der Waals surface area contributed by atoms with Gasteiger partial charge in [0.15, 0.2) is 0 Å². The van der Waals surface area contributed by atoms with Gasteiger partial charge in [0.1, 0.15) is 0 Å². The van der Waals surface area contributed by atoms with E-state index in [2.05, 4.69) is 10.6 Å². The molecule has 0 heterocycles. The van der Waals surface area contributed by atoms with Crippen LogP contribution in [0.1, 0.15) is 42.5 Å². The van der Waals surface area contributed by atoms with E-state index >= 15 is 0 Å². The summed E-state index contributed by atoms with van der Waals surface area (Å²) < 4.78 is 0. The highest BCUT2D eigenvalue weighted by Gasteiger charge is 2.31. The first-order valence-electron chi connectivity index (χ1n) is 8.82. The summed E-state index contributed by atoms with van der Waals surface area (Å²) in [4.78, 5) is 24.1. The molecule has 5 heteroatoms. The van der Waals surface area contributed by atoms with E-state index in [4.69, 9.17) is 0 Å². The highest BCUT2D eigenvalue weighted by molar-refractivity contribution is 5.98. The van der Waals surface area contributed by atoms with Gasteiger partial charge in [-0.2, -0.15) is 0 Å². The average molecular weight is 340 g/mol. The summed E-state index contributed by atoms with van der Waals surface area (Å²) in [7, 11) is 0. The molecule has 1 aliphatic carbocycles. The van der Waals surface area contributed by atoms with E-state index in [0.29, 0.717) is 12.1 Å². The van der Waals surface area contributed by atoms with E-state index in [1.807, 2.05) is 36.4 Å². The van der Waals surface area contributed by atoms with Gasteiger partial charge >= 0.3 is 0 Å². The molecule has 0 saturated heterocycles. The second kappa shape index (κ2) is 7.66. The molecule has 0 unspecified atom stereocenters. The van der Waals surface area contributed by atoms with E-state index < -0.39 is 5.60 Å². The minimum Gasteiger partial charge on any atom is -0.388 e. The van der Waals surface area contributed by atoms with E-state index in [0.717, 1.165) is 36.5 Å². The molecule has 1 fully saturated rings. The Kier molecular flexibility index (Phi) is 5.34. The Morgan fingerprint density at radius 3 is 2.48 bits per heavy atom.